The number of amides is 1. The van der Waals surface area contributed by atoms with Gasteiger partial charge in [0.05, 0.1) is 28.9 Å². The number of phenols is 1. The van der Waals surface area contributed by atoms with Gasteiger partial charge in [0.25, 0.3) is 5.91 Å². The lowest BCUT2D eigenvalue weighted by molar-refractivity contribution is -0.00522. The first-order valence-electron chi connectivity index (χ1n) is 8.00. The first kappa shape index (κ1) is 17.4. The largest absolute Gasteiger partial charge is 0.507 e. The Labute approximate surface area is 150 Å². The number of thiazole rings is 1. The third kappa shape index (κ3) is 4.34. The second-order valence-electron chi connectivity index (χ2n) is 5.92. The minimum Gasteiger partial charge on any atom is -0.507 e. The van der Waals surface area contributed by atoms with Crippen molar-refractivity contribution in [1.29, 1.82) is 0 Å². The van der Waals surface area contributed by atoms with Crippen molar-refractivity contribution in [3.63, 3.8) is 0 Å². The number of benzene rings is 1. The van der Waals surface area contributed by atoms with E-state index in [1.807, 2.05) is 13.8 Å². The van der Waals surface area contributed by atoms with Crippen LogP contribution in [0.25, 0.3) is 0 Å². The maximum Gasteiger partial charge on any atom is 0.275 e. The van der Waals surface area contributed by atoms with Crippen LogP contribution in [0.4, 0.5) is 5.13 Å². The summed E-state index contributed by atoms with van der Waals surface area (Å²) in [5.74, 6) is -0.541. The number of ether oxygens (including phenoxy) is 1. The number of hydrogen-bond acceptors (Lipinski definition) is 7. The van der Waals surface area contributed by atoms with E-state index in [0.29, 0.717) is 0 Å². The van der Waals surface area contributed by atoms with Gasteiger partial charge in [-0.25, -0.2) is 10.4 Å². The smallest absolute Gasteiger partial charge is 0.275 e. The van der Waals surface area contributed by atoms with Gasteiger partial charge in [-0.2, -0.15) is 5.10 Å². The van der Waals surface area contributed by atoms with E-state index < -0.39 is 5.91 Å². The average Bonchev–Trinajstić information content (AvgIpc) is 3.03. The predicted octanol–water partition coefficient (Wildman–Crippen LogP) is 2.23. The SMILES string of the molecule is C[C@H]1CN(c2ncc(/C=N\NC(=O)c3ccccc3O)s2)C[C@H](C)O1. The molecule has 1 aromatic carbocycles. The molecule has 0 saturated carbocycles. The monoisotopic (exact) mass is 360 g/mol. The van der Waals surface area contributed by atoms with E-state index in [9.17, 15) is 9.90 Å². The standard InChI is InChI=1S/C17H20N4O3S/c1-11-9-21(10-12(2)24-11)17-18-7-13(25-17)8-19-20-16(23)14-5-3-4-6-15(14)22/h3-8,11-12,22H,9-10H2,1-2H3,(H,20,23)/b19-8-/t11-,12-/m0/s1. The Hall–Kier alpha value is -2.45. The average molecular weight is 360 g/mol. The maximum atomic E-state index is 12.0. The number of aromatic nitrogens is 1. The highest BCUT2D eigenvalue weighted by Crippen LogP contribution is 2.25. The quantitative estimate of drug-likeness (QED) is 0.645. The van der Waals surface area contributed by atoms with E-state index in [-0.39, 0.29) is 23.5 Å². The molecule has 1 aromatic heterocycles. The van der Waals surface area contributed by atoms with Crippen molar-refractivity contribution in [2.75, 3.05) is 18.0 Å². The van der Waals surface area contributed by atoms with Crippen LogP contribution >= 0.6 is 11.3 Å². The summed E-state index contributed by atoms with van der Waals surface area (Å²) < 4.78 is 5.73. The van der Waals surface area contributed by atoms with Gasteiger partial charge in [-0.3, -0.25) is 4.79 Å². The fraction of sp³-hybridized carbons (Fsp3) is 0.353. The molecule has 2 aromatic rings. The van der Waals surface area contributed by atoms with Gasteiger partial charge in [-0.1, -0.05) is 23.5 Å². The zero-order chi connectivity index (χ0) is 17.8. The van der Waals surface area contributed by atoms with Gasteiger partial charge in [0, 0.05) is 19.3 Å². The fourth-order valence-corrected chi connectivity index (χ4v) is 3.50. The van der Waals surface area contributed by atoms with E-state index in [1.54, 1.807) is 24.5 Å². The number of nitrogens with zero attached hydrogens (tertiary/aromatic N) is 3. The van der Waals surface area contributed by atoms with Gasteiger partial charge < -0.3 is 14.7 Å². The molecule has 1 aliphatic heterocycles. The topological polar surface area (TPSA) is 87.1 Å². The number of hydrogen-bond donors (Lipinski definition) is 2. The molecule has 0 aliphatic carbocycles. The molecule has 25 heavy (non-hydrogen) atoms. The third-order valence-electron chi connectivity index (χ3n) is 3.71. The zero-order valence-corrected chi connectivity index (χ0v) is 14.9. The number of carbonyl (C=O) groups is 1. The van der Waals surface area contributed by atoms with E-state index in [4.69, 9.17) is 4.74 Å². The van der Waals surface area contributed by atoms with Crippen LogP contribution in [0.3, 0.4) is 0 Å². The van der Waals surface area contributed by atoms with Crippen molar-refractivity contribution in [1.82, 2.24) is 10.4 Å². The van der Waals surface area contributed by atoms with Crippen LogP contribution in [0.5, 0.6) is 5.75 Å². The number of para-hydroxylation sites is 1. The number of hydrazone groups is 1. The van der Waals surface area contributed by atoms with Crippen LogP contribution < -0.4 is 10.3 Å². The molecule has 2 N–H and O–H groups in total. The van der Waals surface area contributed by atoms with Gasteiger partial charge in [0.15, 0.2) is 5.13 Å². The Balaban J connectivity index is 1.60. The molecule has 3 rings (SSSR count). The number of aromatic hydroxyl groups is 1. The first-order valence-corrected chi connectivity index (χ1v) is 8.82. The van der Waals surface area contributed by atoms with Gasteiger partial charge in [0.1, 0.15) is 5.75 Å². The van der Waals surface area contributed by atoms with Gasteiger partial charge in [-0.05, 0) is 26.0 Å². The zero-order valence-electron chi connectivity index (χ0n) is 14.0. The molecule has 0 unspecified atom stereocenters. The molecule has 132 valence electrons. The number of carbonyl (C=O) groups excluding carboxylic acids is 1. The predicted molar refractivity (Wildman–Crippen MR) is 97.5 cm³/mol. The lowest BCUT2D eigenvalue weighted by atomic mass is 10.2. The van der Waals surface area contributed by atoms with Crippen molar-refractivity contribution < 1.29 is 14.6 Å². The summed E-state index contributed by atoms with van der Waals surface area (Å²) in [6.07, 6.45) is 3.61. The van der Waals surface area contributed by atoms with Crippen LogP contribution in [0.1, 0.15) is 29.1 Å². The minimum atomic E-state index is -0.463. The van der Waals surface area contributed by atoms with Crippen molar-refractivity contribution in [2.24, 2.45) is 5.10 Å². The number of anilines is 1. The summed E-state index contributed by atoms with van der Waals surface area (Å²) in [6, 6.07) is 6.32. The Morgan fingerprint density at radius 2 is 2.12 bits per heavy atom. The first-order chi connectivity index (χ1) is 12.0. The molecular weight excluding hydrogens is 340 g/mol. The molecule has 2 atom stereocenters. The number of morpholine rings is 1. The molecule has 0 radical (unpaired) electrons. The van der Waals surface area contributed by atoms with Crippen LogP contribution in [-0.4, -0.2) is 47.5 Å². The minimum absolute atomic E-state index is 0.0779. The molecule has 2 heterocycles. The Kier molecular flexibility index (Phi) is 5.30. The number of nitrogens with one attached hydrogen (secondary N) is 1. The highest BCUT2D eigenvalue weighted by atomic mass is 32.1. The summed E-state index contributed by atoms with van der Waals surface area (Å²) in [5, 5.41) is 14.5. The Morgan fingerprint density at radius 1 is 1.40 bits per heavy atom. The second-order valence-corrected chi connectivity index (χ2v) is 6.96. The summed E-state index contributed by atoms with van der Waals surface area (Å²) in [5.41, 5.74) is 2.59. The van der Waals surface area contributed by atoms with Crippen LogP contribution in [-0.2, 0) is 4.74 Å². The molecule has 0 spiro atoms. The Bertz CT molecular complexity index is 767. The normalized spacial score (nSPS) is 20.8. The van der Waals surface area contributed by atoms with E-state index in [1.165, 1.54) is 23.5 Å². The third-order valence-corrected chi connectivity index (χ3v) is 4.70. The number of rotatable bonds is 4. The summed E-state index contributed by atoms with van der Waals surface area (Å²) >= 11 is 1.50. The summed E-state index contributed by atoms with van der Waals surface area (Å²) in [6.45, 7) is 5.71. The van der Waals surface area contributed by atoms with E-state index >= 15 is 0 Å². The van der Waals surface area contributed by atoms with Gasteiger partial charge in [-0.15, -0.1) is 0 Å². The van der Waals surface area contributed by atoms with Crippen molar-refractivity contribution in [3.8, 4) is 5.75 Å². The fourth-order valence-electron chi connectivity index (χ4n) is 2.70. The molecule has 1 amide bonds. The molecular formula is C17H20N4O3S. The second kappa shape index (κ2) is 7.62. The van der Waals surface area contributed by atoms with Crippen molar-refractivity contribution >= 4 is 28.6 Å². The Morgan fingerprint density at radius 3 is 2.84 bits per heavy atom. The summed E-state index contributed by atoms with van der Waals surface area (Å²) in [4.78, 5) is 19.4. The molecule has 0 bridgehead atoms. The van der Waals surface area contributed by atoms with Crippen LogP contribution in [0, 0.1) is 0 Å². The van der Waals surface area contributed by atoms with Gasteiger partial charge >= 0.3 is 0 Å². The maximum absolute atomic E-state index is 12.0. The van der Waals surface area contributed by atoms with Gasteiger partial charge in [0.2, 0.25) is 0 Å². The molecule has 1 fully saturated rings. The molecule has 1 aliphatic rings. The summed E-state index contributed by atoms with van der Waals surface area (Å²) in [7, 11) is 0. The van der Waals surface area contributed by atoms with Crippen LogP contribution in [0.15, 0.2) is 35.6 Å². The van der Waals surface area contributed by atoms with Crippen molar-refractivity contribution in [2.45, 2.75) is 26.1 Å². The van der Waals surface area contributed by atoms with Crippen LogP contribution in [0.2, 0.25) is 0 Å². The van der Waals surface area contributed by atoms with E-state index in [0.717, 1.165) is 23.1 Å². The number of phenolic OH excluding ortho intramolecular Hbond substituents is 1. The van der Waals surface area contributed by atoms with Crippen molar-refractivity contribution in [3.05, 3.63) is 40.9 Å². The lowest BCUT2D eigenvalue weighted by Crippen LogP contribution is -2.45. The lowest BCUT2D eigenvalue weighted by Gasteiger charge is -2.35. The van der Waals surface area contributed by atoms with E-state index in [2.05, 4.69) is 20.4 Å². The molecule has 1 saturated heterocycles. The highest BCUT2D eigenvalue weighted by Gasteiger charge is 2.24. The molecule has 7 nitrogen and oxygen atoms in total. The highest BCUT2D eigenvalue weighted by molar-refractivity contribution is 7.17. The molecule has 8 heteroatoms.